The van der Waals surface area contributed by atoms with Gasteiger partial charge in [-0.25, -0.2) is 4.39 Å². The summed E-state index contributed by atoms with van der Waals surface area (Å²) in [4.78, 5) is 30.9. The number of amides is 2. The average Bonchev–Trinajstić information content (AvgIpc) is 3.31. The number of halogens is 1. The van der Waals surface area contributed by atoms with E-state index < -0.39 is 0 Å². The molecule has 3 aromatic rings. The summed E-state index contributed by atoms with van der Waals surface area (Å²) in [7, 11) is 0. The second kappa shape index (κ2) is 11.0. The van der Waals surface area contributed by atoms with Gasteiger partial charge < -0.3 is 9.80 Å². The Hall–Kier alpha value is -2.99. The third-order valence-electron chi connectivity index (χ3n) is 5.37. The summed E-state index contributed by atoms with van der Waals surface area (Å²) in [5, 5.41) is 1.97. The van der Waals surface area contributed by atoms with Crippen molar-refractivity contribution in [2.24, 2.45) is 0 Å². The number of carbonyl (C=O) groups excluding carboxylic acids is 2. The lowest BCUT2D eigenvalue weighted by Gasteiger charge is -2.30. The minimum absolute atomic E-state index is 0.0153. The van der Waals surface area contributed by atoms with Gasteiger partial charge in [0.1, 0.15) is 12.4 Å². The fraction of sp³-hybridized carbons (Fsp3) is 0.308. The number of aryl methyl sites for hydroxylation is 1. The Morgan fingerprint density at radius 3 is 2.16 bits per heavy atom. The first-order chi connectivity index (χ1) is 15.4. The van der Waals surface area contributed by atoms with Crippen molar-refractivity contribution in [3.05, 3.63) is 93.4 Å². The molecule has 1 heterocycles. The van der Waals surface area contributed by atoms with Crippen LogP contribution < -0.4 is 0 Å². The first kappa shape index (κ1) is 23.7. The lowest BCUT2D eigenvalue weighted by atomic mass is 10.1. The second-order valence-corrected chi connectivity index (χ2v) is 9.07. The summed E-state index contributed by atoms with van der Waals surface area (Å²) in [5.74, 6) is -0.612. The molecule has 32 heavy (non-hydrogen) atoms. The number of hydrogen-bond acceptors (Lipinski definition) is 3. The Morgan fingerprint density at radius 1 is 0.938 bits per heavy atom. The minimum atomic E-state index is -0.310. The first-order valence-electron chi connectivity index (χ1n) is 10.8. The minimum Gasteiger partial charge on any atom is -0.332 e. The molecule has 168 valence electrons. The Morgan fingerprint density at radius 2 is 1.59 bits per heavy atom. The Balaban J connectivity index is 1.79. The van der Waals surface area contributed by atoms with Crippen molar-refractivity contribution in [3.63, 3.8) is 0 Å². The fourth-order valence-corrected chi connectivity index (χ4v) is 4.14. The molecule has 2 aromatic carbocycles. The third-order valence-corrected chi connectivity index (χ3v) is 6.23. The number of thiophene rings is 1. The van der Waals surface area contributed by atoms with Crippen molar-refractivity contribution in [1.82, 2.24) is 9.80 Å². The predicted molar refractivity (Wildman–Crippen MR) is 127 cm³/mol. The molecule has 1 aromatic heterocycles. The summed E-state index contributed by atoms with van der Waals surface area (Å²) in [6.45, 7) is 6.67. The molecule has 4 nitrogen and oxygen atoms in total. The zero-order valence-corrected chi connectivity index (χ0v) is 19.6. The third kappa shape index (κ3) is 6.26. The van der Waals surface area contributed by atoms with Gasteiger partial charge in [-0.2, -0.15) is 0 Å². The quantitative estimate of drug-likeness (QED) is 0.428. The topological polar surface area (TPSA) is 40.6 Å². The molecule has 0 spiro atoms. The van der Waals surface area contributed by atoms with Crippen LogP contribution in [-0.2, 0) is 24.3 Å². The van der Waals surface area contributed by atoms with Gasteiger partial charge in [0.25, 0.3) is 5.91 Å². The van der Waals surface area contributed by atoms with Crippen molar-refractivity contribution in [2.75, 3.05) is 6.54 Å². The van der Waals surface area contributed by atoms with Crippen molar-refractivity contribution >= 4 is 23.2 Å². The van der Waals surface area contributed by atoms with Gasteiger partial charge in [-0.1, -0.05) is 37.3 Å². The molecule has 0 radical (unpaired) electrons. The van der Waals surface area contributed by atoms with Gasteiger partial charge in [0, 0.05) is 23.0 Å². The maximum absolute atomic E-state index is 13.4. The second-order valence-electron chi connectivity index (χ2n) is 8.03. The van der Waals surface area contributed by atoms with Crippen LogP contribution in [0.15, 0.2) is 66.0 Å². The van der Waals surface area contributed by atoms with Crippen LogP contribution in [0, 0.1) is 5.82 Å². The van der Waals surface area contributed by atoms with Crippen molar-refractivity contribution < 1.29 is 14.0 Å². The van der Waals surface area contributed by atoms with Gasteiger partial charge in [0.2, 0.25) is 5.91 Å². The van der Waals surface area contributed by atoms with Crippen LogP contribution in [0.3, 0.4) is 0 Å². The highest BCUT2D eigenvalue weighted by molar-refractivity contribution is 7.09. The van der Waals surface area contributed by atoms with Gasteiger partial charge in [0.05, 0.1) is 6.54 Å². The summed E-state index contributed by atoms with van der Waals surface area (Å²) < 4.78 is 13.3. The van der Waals surface area contributed by atoms with Gasteiger partial charge in [0.15, 0.2) is 0 Å². The van der Waals surface area contributed by atoms with Crippen LogP contribution in [0.25, 0.3) is 0 Å². The van der Waals surface area contributed by atoms with Crippen LogP contribution >= 0.6 is 11.3 Å². The van der Waals surface area contributed by atoms with E-state index in [-0.39, 0.29) is 30.2 Å². The number of hydrogen-bond donors (Lipinski definition) is 0. The molecule has 0 aliphatic rings. The molecule has 0 bridgehead atoms. The smallest absolute Gasteiger partial charge is 0.254 e. The molecule has 2 amide bonds. The summed E-state index contributed by atoms with van der Waals surface area (Å²) in [6.07, 6.45) is 0.905. The summed E-state index contributed by atoms with van der Waals surface area (Å²) in [5.41, 5.74) is 2.58. The molecule has 0 saturated carbocycles. The molecule has 0 aliphatic heterocycles. The standard InChI is InChI=1S/C26H29FN2O2S/c1-4-20-7-11-22(12-8-20)26(31)29(19(2)3)18-25(30)28(17-24-6-5-15-32-24)16-21-9-13-23(27)14-10-21/h5-15,19H,4,16-18H2,1-3H3. The van der Waals surface area contributed by atoms with Gasteiger partial charge in [-0.15, -0.1) is 11.3 Å². The fourth-order valence-electron chi connectivity index (χ4n) is 3.42. The number of nitrogens with zero attached hydrogens (tertiary/aromatic N) is 2. The number of carbonyl (C=O) groups is 2. The predicted octanol–water partition coefficient (Wildman–Crippen LogP) is 5.53. The van der Waals surface area contributed by atoms with Crippen LogP contribution in [0.5, 0.6) is 0 Å². The molecule has 6 heteroatoms. The van der Waals surface area contributed by atoms with E-state index in [0.717, 1.165) is 22.4 Å². The molecule has 0 fully saturated rings. The zero-order chi connectivity index (χ0) is 23.1. The highest BCUT2D eigenvalue weighted by Gasteiger charge is 2.25. The molecular formula is C26H29FN2O2S. The molecule has 0 saturated heterocycles. The van der Waals surface area contributed by atoms with Crippen LogP contribution in [-0.4, -0.2) is 34.2 Å². The van der Waals surface area contributed by atoms with E-state index in [9.17, 15) is 14.0 Å². The van der Waals surface area contributed by atoms with Crippen LogP contribution in [0.2, 0.25) is 0 Å². The summed E-state index contributed by atoms with van der Waals surface area (Å²) >= 11 is 1.58. The normalized spacial score (nSPS) is 10.9. The molecule has 0 atom stereocenters. The largest absolute Gasteiger partial charge is 0.332 e. The maximum atomic E-state index is 13.4. The number of benzene rings is 2. The van der Waals surface area contributed by atoms with Gasteiger partial charge in [-0.3, -0.25) is 9.59 Å². The first-order valence-corrected chi connectivity index (χ1v) is 11.7. The maximum Gasteiger partial charge on any atom is 0.254 e. The van der Waals surface area contributed by atoms with E-state index in [2.05, 4.69) is 6.92 Å². The van der Waals surface area contributed by atoms with E-state index in [0.29, 0.717) is 18.7 Å². The van der Waals surface area contributed by atoms with E-state index in [1.54, 1.807) is 33.3 Å². The molecular weight excluding hydrogens is 423 g/mol. The molecule has 0 unspecified atom stereocenters. The highest BCUT2D eigenvalue weighted by atomic mass is 32.1. The monoisotopic (exact) mass is 452 g/mol. The Kier molecular flexibility index (Phi) is 8.17. The van der Waals surface area contributed by atoms with Gasteiger partial charge in [-0.05, 0) is 67.1 Å². The van der Waals surface area contributed by atoms with Crippen molar-refractivity contribution in [3.8, 4) is 0 Å². The van der Waals surface area contributed by atoms with E-state index in [1.807, 2.05) is 55.6 Å². The van der Waals surface area contributed by atoms with Crippen molar-refractivity contribution in [1.29, 1.82) is 0 Å². The van der Waals surface area contributed by atoms with Crippen LogP contribution in [0.1, 0.15) is 47.1 Å². The average molecular weight is 453 g/mol. The van der Waals surface area contributed by atoms with Gasteiger partial charge >= 0.3 is 0 Å². The van der Waals surface area contributed by atoms with Crippen LogP contribution in [0.4, 0.5) is 4.39 Å². The molecule has 3 rings (SSSR count). The Bertz CT molecular complexity index is 1010. The van der Waals surface area contributed by atoms with E-state index in [1.165, 1.54) is 12.1 Å². The highest BCUT2D eigenvalue weighted by Crippen LogP contribution is 2.17. The van der Waals surface area contributed by atoms with E-state index in [4.69, 9.17) is 0 Å². The summed E-state index contributed by atoms with van der Waals surface area (Å²) in [6, 6.07) is 17.5. The lowest BCUT2D eigenvalue weighted by molar-refractivity contribution is -0.133. The molecule has 0 N–H and O–H groups in total. The zero-order valence-electron chi connectivity index (χ0n) is 18.8. The lowest BCUT2D eigenvalue weighted by Crippen LogP contribution is -2.45. The SMILES string of the molecule is CCc1ccc(C(=O)N(CC(=O)N(Cc2ccc(F)cc2)Cc2cccs2)C(C)C)cc1. The van der Waals surface area contributed by atoms with Crippen molar-refractivity contribution in [2.45, 2.75) is 46.3 Å². The molecule has 0 aliphatic carbocycles. The van der Waals surface area contributed by atoms with E-state index >= 15 is 0 Å². The number of rotatable bonds is 9. The Labute approximate surface area is 193 Å².